The van der Waals surface area contributed by atoms with E-state index in [9.17, 15) is 4.79 Å². The van der Waals surface area contributed by atoms with Crippen molar-refractivity contribution in [3.05, 3.63) is 23.2 Å². The molecule has 0 unspecified atom stereocenters. The monoisotopic (exact) mass is 296 g/mol. The van der Waals surface area contributed by atoms with Crippen LogP contribution >= 0.6 is 11.6 Å². The van der Waals surface area contributed by atoms with Crippen LogP contribution in [0.15, 0.2) is 18.2 Å². The van der Waals surface area contributed by atoms with E-state index in [1.807, 2.05) is 6.07 Å². The number of nitrogens with zero attached hydrogens (tertiary/aromatic N) is 3. The summed E-state index contributed by atoms with van der Waals surface area (Å²) in [6, 6.07) is 4.84. The summed E-state index contributed by atoms with van der Waals surface area (Å²) >= 11 is 5.92. The lowest BCUT2D eigenvalue weighted by Crippen LogP contribution is -2.46. The van der Waals surface area contributed by atoms with Crippen LogP contribution in [0.2, 0.25) is 5.02 Å². The molecule has 0 spiro atoms. The van der Waals surface area contributed by atoms with E-state index in [0.717, 1.165) is 5.52 Å². The molecular weight excluding hydrogens is 284 g/mol. The van der Waals surface area contributed by atoms with Gasteiger partial charge in [-0.05, 0) is 24.6 Å². The molecule has 0 saturated carbocycles. The van der Waals surface area contributed by atoms with Gasteiger partial charge in [0.2, 0.25) is 0 Å². The second-order valence-corrected chi connectivity index (χ2v) is 5.09. The third-order valence-corrected chi connectivity index (χ3v) is 3.62. The molecule has 7 nitrogen and oxygen atoms in total. The summed E-state index contributed by atoms with van der Waals surface area (Å²) in [5.41, 5.74) is 1.49. The average Bonchev–Trinajstić information content (AvgIpc) is 2.81. The maximum Gasteiger partial charge on any atom is 0.404 e. The maximum absolute atomic E-state index is 10.9. The zero-order chi connectivity index (χ0) is 14.1. The van der Waals surface area contributed by atoms with Gasteiger partial charge in [-0.3, -0.25) is 0 Å². The van der Waals surface area contributed by atoms with Gasteiger partial charge in [0.1, 0.15) is 5.52 Å². The SMILES string of the molecule is O=C(O)N[C@@H]1CCOC[C@H]1n1nnc2cc(Cl)ccc21. The molecule has 2 atom stereocenters. The van der Waals surface area contributed by atoms with Gasteiger partial charge in [0.15, 0.2) is 0 Å². The maximum atomic E-state index is 10.9. The summed E-state index contributed by atoms with van der Waals surface area (Å²) in [7, 11) is 0. The average molecular weight is 297 g/mol. The molecule has 8 heteroatoms. The van der Waals surface area contributed by atoms with Crippen molar-refractivity contribution >= 4 is 28.7 Å². The Morgan fingerprint density at radius 1 is 1.55 bits per heavy atom. The number of fused-ring (bicyclic) bond motifs is 1. The van der Waals surface area contributed by atoms with E-state index in [4.69, 9.17) is 21.4 Å². The van der Waals surface area contributed by atoms with Crippen LogP contribution in [0.3, 0.4) is 0 Å². The first kappa shape index (κ1) is 13.1. The van der Waals surface area contributed by atoms with E-state index < -0.39 is 6.09 Å². The molecule has 1 aromatic heterocycles. The molecular formula is C12H13ClN4O3. The third-order valence-electron chi connectivity index (χ3n) is 3.38. The number of aromatic nitrogens is 3. The summed E-state index contributed by atoms with van der Waals surface area (Å²) in [5, 5.41) is 20.2. The van der Waals surface area contributed by atoms with E-state index >= 15 is 0 Å². The van der Waals surface area contributed by atoms with Crippen molar-refractivity contribution in [3.63, 3.8) is 0 Å². The zero-order valence-corrected chi connectivity index (χ0v) is 11.2. The van der Waals surface area contributed by atoms with Gasteiger partial charge in [0.25, 0.3) is 0 Å². The minimum Gasteiger partial charge on any atom is -0.465 e. The Morgan fingerprint density at radius 2 is 2.40 bits per heavy atom. The summed E-state index contributed by atoms with van der Waals surface area (Å²) in [6.07, 6.45) is -0.444. The standard InChI is InChI=1S/C12H13ClN4O3/c13-7-1-2-10-9(5-7)15-16-17(10)11-6-20-4-3-8(11)14-12(18)19/h1-2,5,8,11,14H,3-4,6H2,(H,18,19)/t8-,11-/m1/s1. The molecule has 1 aromatic carbocycles. The number of amides is 1. The largest absolute Gasteiger partial charge is 0.465 e. The van der Waals surface area contributed by atoms with Crippen LogP contribution in [0.25, 0.3) is 11.0 Å². The fourth-order valence-electron chi connectivity index (χ4n) is 2.45. The van der Waals surface area contributed by atoms with Crippen LogP contribution < -0.4 is 5.32 Å². The molecule has 0 aliphatic carbocycles. The van der Waals surface area contributed by atoms with Gasteiger partial charge >= 0.3 is 6.09 Å². The molecule has 2 N–H and O–H groups in total. The highest BCUT2D eigenvalue weighted by Gasteiger charge is 2.30. The summed E-state index contributed by atoms with van der Waals surface area (Å²) < 4.78 is 7.14. The molecule has 1 saturated heterocycles. The number of hydrogen-bond acceptors (Lipinski definition) is 4. The van der Waals surface area contributed by atoms with Crippen molar-refractivity contribution in [3.8, 4) is 0 Å². The lowest BCUT2D eigenvalue weighted by Gasteiger charge is -2.31. The molecule has 1 fully saturated rings. The van der Waals surface area contributed by atoms with Gasteiger partial charge in [-0.25, -0.2) is 9.48 Å². The first-order valence-corrected chi connectivity index (χ1v) is 6.60. The highest BCUT2D eigenvalue weighted by atomic mass is 35.5. The number of halogens is 1. The number of carbonyl (C=O) groups is 1. The molecule has 106 valence electrons. The van der Waals surface area contributed by atoms with Crippen LogP contribution in [-0.4, -0.2) is 45.4 Å². The van der Waals surface area contributed by atoms with Crippen molar-refractivity contribution in [2.75, 3.05) is 13.2 Å². The van der Waals surface area contributed by atoms with Crippen LogP contribution in [0, 0.1) is 0 Å². The Kier molecular flexibility index (Phi) is 3.45. The molecule has 1 aliphatic rings. The highest BCUT2D eigenvalue weighted by molar-refractivity contribution is 6.31. The van der Waals surface area contributed by atoms with Gasteiger partial charge in [0.05, 0.1) is 24.2 Å². The molecule has 2 heterocycles. The van der Waals surface area contributed by atoms with Gasteiger partial charge in [-0.2, -0.15) is 0 Å². The van der Waals surface area contributed by atoms with Gasteiger partial charge in [0, 0.05) is 11.6 Å². The van der Waals surface area contributed by atoms with Gasteiger partial charge < -0.3 is 15.2 Å². The number of benzene rings is 1. The molecule has 20 heavy (non-hydrogen) atoms. The van der Waals surface area contributed by atoms with Crippen LogP contribution in [0.5, 0.6) is 0 Å². The van der Waals surface area contributed by atoms with Crippen LogP contribution in [-0.2, 0) is 4.74 Å². The number of ether oxygens (including phenoxy) is 1. The van der Waals surface area contributed by atoms with E-state index in [1.54, 1.807) is 16.8 Å². The Hall–Kier alpha value is -1.86. The summed E-state index contributed by atoms with van der Waals surface area (Å²) in [6.45, 7) is 0.923. The molecule has 0 radical (unpaired) electrons. The Balaban J connectivity index is 1.97. The summed E-state index contributed by atoms with van der Waals surface area (Å²) in [5.74, 6) is 0. The first-order chi connectivity index (χ1) is 9.65. The van der Waals surface area contributed by atoms with E-state index in [0.29, 0.717) is 30.2 Å². The Labute approximate surface area is 119 Å². The third kappa shape index (κ3) is 2.41. The minimum atomic E-state index is -1.05. The highest BCUT2D eigenvalue weighted by Crippen LogP contribution is 2.25. The number of carboxylic acid groups (broad SMARTS) is 1. The number of hydrogen-bond donors (Lipinski definition) is 2. The lowest BCUT2D eigenvalue weighted by molar-refractivity contribution is 0.0341. The Morgan fingerprint density at radius 3 is 3.20 bits per heavy atom. The molecule has 1 amide bonds. The minimum absolute atomic E-state index is 0.217. The van der Waals surface area contributed by atoms with E-state index in [1.165, 1.54) is 0 Å². The summed E-state index contributed by atoms with van der Waals surface area (Å²) in [4.78, 5) is 10.9. The molecule has 3 rings (SSSR count). The second-order valence-electron chi connectivity index (χ2n) is 4.65. The second kappa shape index (κ2) is 5.26. The van der Waals surface area contributed by atoms with Crippen LogP contribution in [0.1, 0.15) is 12.5 Å². The predicted octanol–water partition coefficient (Wildman–Crippen LogP) is 1.68. The van der Waals surface area contributed by atoms with E-state index in [2.05, 4.69) is 15.6 Å². The van der Waals surface area contributed by atoms with Crippen molar-refractivity contribution < 1.29 is 14.6 Å². The molecule has 0 bridgehead atoms. The van der Waals surface area contributed by atoms with Crippen molar-refractivity contribution in [2.24, 2.45) is 0 Å². The van der Waals surface area contributed by atoms with E-state index in [-0.39, 0.29) is 12.1 Å². The lowest BCUT2D eigenvalue weighted by atomic mass is 10.0. The zero-order valence-electron chi connectivity index (χ0n) is 10.5. The molecule has 2 aromatic rings. The van der Waals surface area contributed by atoms with Gasteiger partial charge in [-0.15, -0.1) is 5.10 Å². The Bertz CT molecular complexity index is 645. The van der Waals surface area contributed by atoms with Crippen LogP contribution in [0.4, 0.5) is 4.79 Å². The fourth-order valence-corrected chi connectivity index (χ4v) is 2.62. The normalized spacial score (nSPS) is 22.9. The van der Waals surface area contributed by atoms with Crippen molar-refractivity contribution in [1.82, 2.24) is 20.3 Å². The smallest absolute Gasteiger partial charge is 0.404 e. The fraction of sp³-hybridized carbons (Fsp3) is 0.417. The van der Waals surface area contributed by atoms with Crippen molar-refractivity contribution in [2.45, 2.75) is 18.5 Å². The number of nitrogens with one attached hydrogen (secondary N) is 1. The molecule has 1 aliphatic heterocycles. The number of rotatable bonds is 2. The quantitative estimate of drug-likeness (QED) is 0.880. The first-order valence-electron chi connectivity index (χ1n) is 6.23. The predicted molar refractivity (Wildman–Crippen MR) is 72.0 cm³/mol. The topological polar surface area (TPSA) is 89.3 Å². The van der Waals surface area contributed by atoms with Crippen molar-refractivity contribution in [1.29, 1.82) is 0 Å². The van der Waals surface area contributed by atoms with Gasteiger partial charge in [-0.1, -0.05) is 16.8 Å².